The van der Waals surface area contributed by atoms with Gasteiger partial charge < -0.3 is 20.5 Å². The van der Waals surface area contributed by atoms with Gasteiger partial charge >= 0.3 is 6.09 Å². The molecule has 3 N–H and O–H groups in total. The van der Waals surface area contributed by atoms with Crippen LogP contribution in [0.4, 0.5) is 4.79 Å². The molecule has 0 saturated heterocycles. The molecular formula is C24H25N3O4. The lowest BCUT2D eigenvalue weighted by Gasteiger charge is -2.35. The van der Waals surface area contributed by atoms with E-state index in [4.69, 9.17) is 10.5 Å². The number of aromatic hydroxyl groups is 1. The molecule has 1 atom stereocenters. The highest BCUT2D eigenvalue weighted by molar-refractivity contribution is 5.88. The molecule has 0 aliphatic heterocycles. The highest BCUT2D eigenvalue weighted by Gasteiger charge is 2.44. The number of ether oxygens (including phenoxy) is 1. The van der Waals surface area contributed by atoms with Crippen LogP contribution in [0.15, 0.2) is 79.1 Å². The molecule has 31 heavy (non-hydrogen) atoms. The Bertz CT molecular complexity index is 1010. The Morgan fingerprint density at radius 2 is 1.52 bits per heavy atom. The number of hydrogen-bond acceptors (Lipinski definition) is 5. The predicted octanol–water partition coefficient (Wildman–Crippen LogP) is 3.07. The van der Waals surface area contributed by atoms with Gasteiger partial charge in [0.2, 0.25) is 0 Å². The number of benzene rings is 2. The van der Waals surface area contributed by atoms with E-state index < -0.39 is 11.7 Å². The number of phenols is 1. The SMILES string of the molecule is CN(Cc1ccccc1)C(=O)[C@@](Cc1ccncc1)(Cc1ccc(O)cc1)OC(N)=O. The van der Waals surface area contributed by atoms with Crippen LogP contribution in [0.2, 0.25) is 0 Å². The van der Waals surface area contributed by atoms with Crippen molar-refractivity contribution in [3.63, 3.8) is 0 Å². The molecular weight excluding hydrogens is 394 g/mol. The first-order valence-electron chi connectivity index (χ1n) is 9.83. The van der Waals surface area contributed by atoms with Gasteiger partial charge in [0.15, 0.2) is 5.60 Å². The monoisotopic (exact) mass is 419 g/mol. The van der Waals surface area contributed by atoms with Gasteiger partial charge in [0.1, 0.15) is 5.75 Å². The first-order valence-corrected chi connectivity index (χ1v) is 9.83. The van der Waals surface area contributed by atoms with Crippen molar-refractivity contribution in [1.29, 1.82) is 0 Å². The zero-order valence-electron chi connectivity index (χ0n) is 17.3. The number of amides is 2. The summed E-state index contributed by atoms with van der Waals surface area (Å²) >= 11 is 0. The largest absolute Gasteiger partial charge is 0.508 e. The Morgan fingerprint density at radius 1 is 0.935 bits per heavy atom. The predicted molar refractivity (Wildman–Crippen MR) is 116 cm³/mol. The molecule has 1 heterocycles. The van der Waals surface area contributed by atoms with E-state index in [9.17, 15) is 14.7 Å². The molecule has 0 spiro atoms. The van der Waals surface area contributed by atoms with E-state index in [1.807, 2.05) is 30.3 Å². The van der Waals surface area contributed by atoms with Gasteiger partial charge in [-0.05, 0) is 41.0 Å². The van der Waals surface area contributed by atoms with E-state index in [1.165, 1.54) is 17.0 Å². The second kappa shape index (κ2) is 9.75. The molecule has 0 fully saturated rings. The summed E-state index contributed by atoms with van der Waals surface area (Å²) < 4.78 is 5.56. The summed E-state index contributed by atoms with van der Waals surface area (Å²) in [6.45, 7) is 0.343. The van der Waals surface area contributed by atoms with Crippen molar-refractivity contribution in [2.45, 2.75) is 25.0 Å². The Morgan fingerprint density at radius 3 is 2.10 bits per heavy atom. The van der Waals surface area contributed by atoms with Crippen LogP contribution >= 0.6 is 0 Å². The molecule has 7 nitrogen and oxygen atoms in total. The van der Waals surface area contributed by atoms with Crippen molar-refractivity contribution in [2.24, 2.45) is 5.73 Å². The normalized spacial score (nSPS) is 12.5. The van der Waals surface area contributed by atoms with Gasteiger partial charge in [-0.3, -0.25) is 9.78 Å². The molecule has 0 saturated carbocycles. The van der Waals surface area contributed by atoms with Crippen molar-refractivity contribution in [3.05, 3.63) is 95.8 Å². The van der Waals surface area contributed by atoms with Gasteiger partial charge in [0, 0.05) is 38.8 Å². The molecule has 0 radical (unpaired) electrons. The summed E-state index contributed by atoms with van der Waals surface area (Å²) in [5.41, 5.74) is 6.29. The fraction of sp³-hybridized carbons (Fsp3) is 0.208. The van der Waals surface area contributed by atoms with Crippen LogP contribution in [-0.4, -0.2) is 39.6 Å². The van der Waals surface area contributed by atoms with Crippen molar-refractivity contribution in [2.75, 3.05) is 7.05 Å². The van der Waals surface area contributed by atoms with Crippen LogP contribution in [0.25, 0.3) is 0 Å². The molecule has 2 amide bonds. The third-order valence-corrected chi connectivity index (χ3v) is 4.96. The minimum absolute atomic E-state index is 0.0938. The van der Waals surface area contributed by atoms with Gasteiger partial charge in [0.05, 0.1) is 0 Å². The molecule has 3 aromatic rings. The van der Waals surface area contributed by atoms with Crippen LogP contribution in [0.3, 0.4) is 0 Å². The molecule has 7 heteroatoms. The number of rotatable bonds is 8. The number of phenolic OH excluding ortho intramolecular Hbond substituents is 1. The summed E-state index contributed by atoms with van der Waals surface area (Å²) in [6, 6.07) is 19.5. The van der Waals surface area contributed by atoms with Crippen molar-refractivity contribution in [3.8, 4) is 5.75 Å². The highest BCUT2D eigenvalue weighted by atomic mass is 16.6. The average molecular weight is 419 g/mol. The number of carbonyl (C=O) groups is 2. The number of primary amides is 1. The maximum atomic E-state index is 13.7. The number of nitrogens with zero attached hydrogens (tertiary/aromatic N) is 2. The van der Waals surface area contributed by atoms with E-state index in [0.717, 1.165) is 16.7 Å². The Balaban J connectivity index is 1.99. The molecule has 1 aromatic heterocycles. The third kappa shape index (κ3) is 5.82. The molecule has 0 unspecified atom stereocenters. The summed E-state index contributed by atoms with van der Waals surface area (Å²) in [6.07, 6.45) is 2.41. The third-order valence-electron chi connectivity index (χ3n) is 4.96. The van der Waals surface area contributed by atoms with Gasteiger partial charge in [-0.1, -0.05) is 42.5 Å². The lowest BCUT2D eigenvalue weighted by molar-refractivity contribution is -0.150. The van der Waals surface area contributed by atoms with E-state index in [0.29, 0.717) is 6.54 Å². The fourth-order valence-corrected chi connectivity index (χ4v) is 3.57. The minimum atomic E-state index is -1.56. The van der Waals surface area contributed by atoms with Crippen LogP contribution in [0.1, 0.15) is 16.7 Å². The number of likely N-dealkylation sites (N-methyl/N-ethyl adjacent to an activating group) is 1. The zero-order chi connectivity index (χ0) is 22.3. The Hall–Kier alpha value is -3.87. The standard InChI is InChI=1S/C24H25N3O4/c1-27(17-20-5-3-2-4-6-20)22(29)24(31-23(25)30,16-19-11-13-26-14-12-19)15-18-7-9-21(28)10-8-18/h2-14,28H,15-17H2,1H3,(H2,25,30)/t24-/m0/s1. The van der Waals surface area contributed by atoms with Crippen molar-refractivity contribution >= 4 is 12.0 Å². The number of hydrogen-bond donors (Lipinski definition) is 2. The summed E-state index contributed by atoms with van der Waals surface area (Å²) in [4.78, 5) is 31.2. The van der Waals surface area contributed by atoms with Crippen LogP contribution in [0.5, 0.6) is 5.75 Å². The van der Waals surface area contributed by atoms with E-state index >= 15 is 0 Å². The van der Waals surface area contributed by atoms with Crippen molar-refractivity contribution in [1.82, 2.24) is 9.88 Å². The van der Waals surface area contributed by atoms with E-state index in [2.05, 4.69) is 4.98 Å². The first-order chi connectivity index (χ1) is 14.9. The molecule has 0 aliphatic rings. The van der Waals surface area contributed by atoms with Crippen LogP contribution < -0.4 is 5.73 Å². The average Bonchev–Trinajstić information content (AvgIpc) is 2.75. The number of nitrogens with two attached hydrogens (primary N) is 1. The topological polar surface area (TPSA) is 106 Å². The zero-order valence-corrected chi connectivity index (χ0v) is 17.3. The molecule has 160 valence electrons. The fourth-order valence-electron chi connectivity index (χ4n) is 3.57. The van der Waals surface area contributed by atoms with Crippen LogP contribution in [0, 0.1) is 0 Å². The molecule has 0 aliphatic carbocycles. The Kier molecular flexibility index (Phi) is 6.87. The van der Waals surface area contributed by atoms with Crippen molar-refractivity contribution < 1.29 is 19.4 Å². The molecule has 3 rings (SSSR count). The number of carbonyl (C=O) groups excluding carboxylic acids is 2. The molecule has 0 bridgehead atoms. The minimum Gasteiger partial charge on any atom is -0.508 e. The number of pyridine rings is 1. The second-order valence-corrected chi connectivity index (χ2v) is 7.44. The van der Waals surface area contributed by atoms with Gasteiger partial charge in [0.25, 0.3) is 5.91 Å². The van der Waals surface area contributed by atoms with Gasteiger partial charge in [-0.25, -0.2) is 4.79 Å². The quantitative estimate of drug-likeness (QED) is 0.584. The summed E-state index contributed by atoms with van der Waals surface area (Å²) in [5, 5.41) is 9.61. The second-order valence-electron chi connectivity index (χ2n) is 7.44. The van der Waals surface area contributed by atoms with E-state index in [-0.39, 0.29) is 24.5 Å². The van der Waals surface area contributed by atoms with Gasteiger partial charge in [-0.2, -0.15) is 0 Å². The van der Waals surface area contributed by atoms with Crippen LogP contribution in [-0.2, 0) is 28.9 Å². The first kappa shape index (κ1) is 21.8. The smallest absolute Gasteiger partial charge is 0.405 e. The molecule has 2 aromatic carbocycles. The Labute approximate surface area is 181 Å². The van der Waals surface area contributed by atoms with E-state index in [1.54, 1.807) is 43.7 Å². The lowest BCUT2D eigenvalue weighted by atomic mass is 9.86. The lowest BCUT2D eigenvalue weighted by Crippen LogP contribution is -2.54. The number of aromatic nitrogens is 1. The highest BCUT2D eigenvalue weighted by Crippen LogP contribution is 2.27. The van der Waals surface area contributed by atoms with Gasteiger partial charge in [-0.15, -0.1) is 0 Å². The maximum absolute atomic E-state index is 13.7. The maximum Gasteiger partial charge on any atom is 0.405 e. The summed E-state index contributed by atoms with van der Waals surface area (Å²) in [5.74, 6) is -0.271. The summed E-state index contributed by atoms with van der Waals surface area (Å²) in [7, 11) is 1.66.